The van der Waals surface area contributed by atoms with Crippen LogP contribution in [0.15, 0.2) is 35.1 Å². The summed E-state index contributed by atoms with van der Waals surface area (Å²) in [7, 11) is 0. The summed E-state index contributed by atoms with van der Waals surface area (Å²) in [5.41, 5.74) is 1.49. The van der Waals surface area contributed by atoms with Crippen LogP contribution in [0.4, 0.5) is 5.95 Å². The summed E-state index contributed by atoms with van der Waals surface area (Å²) in [6.07, 6.45) is 0. The average Bonchev–Trinajstić information content (AvgIpc) is 2.81. The molecule has 1 aromatic carbocycles. The summed E-state index contributed by atoms with van der Waals surface area (Å²) in [4.78, 5) is 18.0. The summed E-state index contributed by atoms with van der Waals surface area (Å²) < 4.78 is 1.62. The van der Waals surface area contributed by atoms with Gasteiger partial charge in [0.15, 0.2) is 0 Å². The fourth-order valence-electron chi connectivity index (χ4n) is 1.90. The zero-order chi connectivity index (χ0) is 15.0. The number of aromatic nitrogens is 4. The van der Waals surface area contributed by atoms with Crippen molar-refractivity contribution in [3.8, 4) is 0 Å². The normalized spacial score (nSPS) is 11.0. The van der Waals surface area contributed by atoms with Crippen LogP contribution in [0.3, 0.4) is 0 Å². The van der Waals surface area contributed by atoms with E-state index in [0.29, 0.717) is 10.7 Å². The van der Waals surface area contributed by atoms with Crippen molar-refractivity contribution in [3.05, 3.63) is 55.9 Å². The summed E-state index contributed by atoms with van der Waals surface area (Å²) in [5.74, 6) is -0.466. The van der Waals surface area contributed by atoms with Gasteiger partial charge < -0.3 is 10.1 Å². The third kappa shape index (κ3) is 2.72. The van der Waals surface area contributed by atoms with E-state index in [9.17, 15) is 10.1 Å². The monoisotopic (exact) mass is 367 g/mol. The second-order valence-electron chi connectivity index (χ2n) is 4.23. The van der Waals surface area contributed by atoms with E-state index in [2.05, 4.69) is 31.0 Å². The molecule has 0 aliphatic rings. The molecule has 0 bridgehead atoms. The molecule has 9 heteroatoms. The minimum atomic E-state index is -0.651. The van der Waals surface area contributed by atoms with Crippen molar-refractivity contribution >= 4 is 44.4 Å². The van der Waals surface area contributed by atoms with Crippen LogP contribution in [0.1, 0.15) is 5.56 Å². The molecule has 0 N–H and O–H groups in total. The predicted molar refractivity (Wildman–Crippen MR) is 80.2 cm³/mol. The van der Waals surface area contributed by atoms with Crippen molar-refractivity contribution in [3.63, 3.8) is 0 Å². The fraction of sp³-hybridized carbons (Fsp3) is 0.0833. The third-order valence-electron chi connectivity index (χ3n) is 2.85. The van der Waals surface area contributed by atoms with Gasteiger partial charge in [0.05, 0.1) is 12.1 Å². The third-order valence-corrected chi connectivity index (χ3v) is 3.76. The maximum absolute atomic E-state index is 10.7. The number of benzene rings is 1. The number of para-hydroxylation sites is 1. The van der Waals surface area contributed by atoms with E-state index in [-0.39, 0.29) is 11.3 Å². The van der Waals surface area contributed by atoms with Gasteiger partial charge in [-0.3, -0.25) is 0 Å². The highest BCUT2D eigenvalue weighted by molar-refractivity contribution is 9.10. The number of pyridine rings is 1. The van der Waals surface area contributed by atoms with Crippen LogP contribution in [-0.4, -0.2) is 24.7 Å². The van der Waals surface area contributed by atoms with Gasteiger partial charge in [-0.1, -0.05) is 29.8 Å². The van der Waals surface area contributed by atoms with Gasteiger partial charge in [0.1, 0.15) is 5.15 Å². The number of halogens is 2. The number of fused-ring (bicyclic) bond motifs is 1. The Hall–Kier alpha value is -2.06. The molecule has 0 radical (unpaired) electrons. The lowest BCUT2D eigenvalue weighted by Gasteiger charge is -2.04. The Morgan fingerprint density at radius 1 is 1.33 bits per heavy atom. The molecule has 0 aliphatic heterocycles. The quantitative estimate of drug-likeness (QED) is 0.402. The second kappa shape index (κ2) is 5.38. The highest BCUT2D eigenvalue weighted by Crippen LogP contribution is 2.22. The van der Waals surface area contributed by atoms with Gasteiger partial charge in [-0.05, 0) is 22.0 Å². The molecule has 0 amide bonds. The van der Waals surface area contributed by atoms with Crippen molar-refractivity contribution in [2.24, 2.45) is 0 Å². The van der Waals surface area contributed by atoms with Crippen LogP contribution in [-0.2, 0) is 6.54 Å². The van der Waals surface area contributed by atoms with Gasteiger partial charge in [-0.15, -0.1) is 0 Å². The lowest BCUT2D eigenvalue weighted by atomic mass is 10.1. The molecule has 2 heterocycles. The molecule has 3 rings (SSSR count). The van der Waals surface area contributed by atoms with Crippen molar-refractivity contribution in [2.75, 3.05) is 0 Å². The first-order valence-corrected chi connectivity index (χ1v) is 7.00. The van der Waals surface area contributed by atoms with Crippen molar-refractivity contribution in [1.82, 2.24) is 19.7 Å². The highest BCUT2D eigenvalue weighted by Gasteiger charge is 2.20. The fourth-order valence-corrected chi connectivity index (χ4v) is 2.47. The Morgan fingerprint density at radius 2 is 2.10 bits per heavy atom. The Morgan fingerprint density at radius 3 is 2.81 bits per heavy atom. The molecule has 3 aromatic rings. The zero-order valence-corrected chi connectivity index (χ0v) is 12.7. The molecular formula is C12H7BrClN5O2. The van der Waals surface area contributed by atoms with Gasteiger partial charge in [0.25, 0.3) is 4.73 Å². The number of hydrogen-bond donors (Lipinski definition) is 0. The minimum absolute atomic E-state index is 0.234. The Kier molecular flexibility index (Phi) is 3.56. The van der Waals surface area contributed by atoms with E-state index in [4.69, 9.17) is 11.6 Å². The molecular weight excluding hydrogens is 362 g/mol. The molecule has 2 aromatic heterocycles. The highest BCUT2D eigenvalue weighted by atomic mass is 79.9. The second-order valence-corrected chi connectivity index (χ2v) is 5.29. The van der Waals surface area contributed by atoms with Crippen LogP contribution >= 0.6 is 27.5 Å². The van der Waals surface area contributed by atoms with Crippen molar-refractivity contribution < 1.29 is 4.92 Å². The Balaban J connectivity index is 2.01. The summed E-state index contributed by atoms with van der Waals surface area (Å²) in [6.45, 7) is 0.234. The van der Waals surface area contributed by atoms with E-state index in [1.54, 1.807) is 0 Å². The molecule has 0 saturated heterocycles. The average molecular weight is 369 g/mol. The van der Waals surface area contributed by atoms with Gasteiger partial charge in [-0.25, -0.2) is 4.98 Å². The molecule has 0 spiro atoms. The maximum atomic E-state index is 10.7. The molecule has 0 unspecified atom stereocenters. The topological polar surface area (TPSA) is 86.7 Å². The summed E-state index contributed by atoms with van der Waals surface area (Å²) in [6, 6.07) is 9.44. The molecule has 106 valence electrons. The van der Waals surface area contributed by atoms with Crippen LogP contribution in [0, 0.1) is 10.1 Å². The minimum Gasteiger partial charge on any atom is -0.390 e. The number of rotatable bonds is 3. The van der Waals surface area contributed by atoms with Crippen LogP contribution in [0.25, 0.3) is 10.9 Å². The molecule has 0 saturated carbocycles. The van der Waals surface area contributed by atoms with E-state index in [0.717, 1.165) is 10.9 Å². The molecule has 0 fully saturated rings. The van der Waals surface area contributed by atoms with Gasteiger partial charge >= 0.3 is 5.95 Å². The van der Waals surface area contributed by atoms with Crippen molar-refractivity contribution in [1.29, 1.82) is 0 Å². The van der Waals surface area contributed by atoms with Crippen LogP contribution in [0.5, 0.6) is 0 Å². The lowest BCUT2D eigenvalue weighted by Crippen LogP contribution is -2.04. The standard InChI is InChI=1S/C12H7BrClN5O2/c13-11-16-12(19(20)21)17-18(11)6-8-5-7-3-1-2-4-9(7)15-10(8)14/h1-5H,6H2. The smallest absolute Gasteiger partial charge is 0.390 e. The van der Waals surface area contributed by atoms with Crippen LogP contribution in [0.2, 0.25) is 5.15 Å². The van der Waals surface area contributed by atoms with Gasteiger partial charge in [-0.2, -0.15) is 4.68 Å². The SMILES string of the molecule is O=[N+]([O-])c1nc(Br)n(Cc2cc3ccccc3nc2Cl)n1. The molecule has 21 heavy (non-hydrogen) atoms. The maximum Gasteiger partial charge on any atom is 0.492 e. The first-order valence-electron chi connectivity index (χ1n) is 5.83. The van der Waals surface area contributed by atoms with Crippen LogP contribution < -0.4 is 0 Å². The molecule has 7 nitrogen and oxygen atoms in total. The summed E-state index contributed by atoms with van der Waals surface area (Å²) >= 11 is 9.29. The van der Waals surface area contributed by atoms with E-state index in [1.165, 1.54) is 4.68 Å². The predicted octanol–water partition coefficient (Wildman–Crippen LogP) is 3.20. The first-order chi connectivity index (χ1) is 10.0. The van der Waals surface area contributed by atoms with E-state index in [1.807, 2.05) is 30.3 Å². The summed E-state index contributed by atoms with van der Waals surface area (Å²) in [5, 5.41) is 15.7. The van der Waals surface area contributed by atoms with Gasteiger partial charge in [0.2, 0.25) is 0 Å². The number of nitrogens with zero attached hydrogens (tertiary/aromatic N) is 5. The lowest BCUT2D eigenvalue weighted by molar-refractivity contribution is -0.394. The zero-order valence-electron chi connectivity index (χ0n) is 10.4. The number of hydrogen-bond acceptors (Lipinski definition) is 5. The van der Waals surface area contributed by atoms with Crippen molar-refractivity contribution in [2.45, 2.75) is 6.54 Å². The van der Waals surface area contributed by atoms with E-state index >= 15 is 0 Å². The largest absolute Gasteiger partial charge is 0.492 e. The van der Waals surface area contributed by atoms with E-state index < -0.39 is 10.9 Å². The van der Waals surface area contributed by atoms with Gasteiger partial charge in [0, 0.05) is 32.0 Å². The first kappa shape index (κ1) is 13.9. The Bertz CT molecular complexity index is 851. The number of nitro groups is 1. The molecule has 0 aliphatic carbocycles. The molecule has 0 atom stereocenters. The Labute approximate surface area is 131 Å².